The Balaban J connectivity index is 1.35. The van der Waals surface area contributed by atoms with Crippen molar-refractivity contribution < 1.29 is 0 Å². The molecule has 0 atom stereocenters. The van der Waals surface area contributed by atoms with Gasteiger partial charge < -0.3 is 4.90 Å². The molecule has 1 saturated heterocycles. The third-order valence-electron chi connectivity index (χ3n) is 5.11. The summed E-state index contributed by atoms with van der Waals surface area (Å²) in [6, 6.07) is 14.9. The van der Waals surface area contributed by atoms with E-state index in [9.17, 15) is 0 Å². The molecule has 1 fully saturated rings. The summed E-state index contributed by atoms with van der Waals surface area (Å²) in [6.45, 7) is 9.51. The van der Waals surface area contributed by atoms with Crippen molar-refractivity contribution in [2.75, 3.05) is 31.1 Å². The fourth-order valence-corrected chi connectivity index (χ4v) is 4.24. The van der Waals surface area contributed by atoms with Crippen molar-refractivity contribution in [1.82, 2.24) is 14.9 Å². The quantitative estimate of drug-likeness (QED) is 0.647. The molecule has 3 aromatic rings. The van der Waals surface area contributed by atoms with Crippen molar-refractivity contribution in [3.05, 3.63) is 65.3 Å². The van der Waals surface area contributed by atoms with Crippen LogP contribution in [-0.2, 0) is 6.54 Å². The van der Waals surface area contributed by atoms with E-state index < -0.39 is 0 Å². The van der Waals surface area contributed by atoms with Gasteiger partial charge in [0.05, 0.1) is 5.69 Å². The lowest BCUT2D eigenvalue weighted by molar-refractivity contribution is 0.247. The molecule has 2 aromatic heterocycles. The molecule has 0 saturated carbocycles. The SMILES string of the molecule is CC(C)c1ccc(-c2nc(CN3CCN(c4ccccn4)CC3)cs2)cc1. The van der Waals surface area contributed by atoms with Gasteiger partial charge in [0.1, 0.15) is 10.8 Å². The minimum Gasteiger partial charge on any atom is -0.354 e. The van der Waals surface area contributed by atoms with Gasteiger partial charge in [-0.05, 0) is 23.6 Å². The fourth-order valence-electron chi connectivity index (χ4n) is 3.43. The average Bonchev–Trinajstić information content (AvgIpc) is 3.18. The molecule has 0 aliphatic carbocycles. The van der Waals surface area contributed by atoms with E-state index in [1.54, 1.807) is 11.3 Å². The Morgan fingerprint density at radius 3 is 2.44 bits per heavy atom. The van der Waals surface area contributed by atoms with Crippen LogP contribution in [0.15, 0.2) is 54.0 Å². The van der Waals surface area contributed by atoms with Gasteiger partial charge >= 0.3 is 0 Å². The zero-order valence-corrected chi connectivity index (χ0v) is 16.8. The first kappa shape index (κ1) is 18.1. The van der Waals surface area contributed by atoms with Gasteiger partial charge in [0, 0.05) is 49.9 Å². The van der Waals surface area contributed by atoms with Crippen LogP contribution in [0.2, 0.25) is 0 Å². The minimum absolute atomic E-state index is 0.565. The number of hydrogen-bond donors (Lipinski definition) is 0. The normalized spacial score (nSPS) is 15.4. The topological polar surface area (TPSA) is 32.3 Å². The molecule has 27 heavy (non-hydrogen) atoms. The smallest absolute Gasteiger partial charge is 0.128 e. The van der Waals surface area contributed by atoms with Crippen LogP contribution in [0, 0.1) is 0 Å². The second-order valence-electron chi connectivity index (χ2n) is 7.37. The van der Waals surface area contributed by atoms with Gasteiger partial charge in [-0.2, -0.15) is 0 Å². The van der Waals surface area contributed by atoms with Crippen LogP contribution in [-0.4, -0.2) is 41.0 Å². The maximum atomic E-state index is 4.88. The number of thiazole rings is 1. The number of benzene rings is 1. The molecule has 0 amide bonds. The van der Waals surface area contributed by atoms with E-state index in [4.69, 9.17) is 4.98 Å². The van der Waals surface area contributed by atoms with E-state index in [1.807, 2.05) is 12.3 Å². The highest BCUT2D eigenvalue weighted by Crippen LogP contribution is 2.26. The van der Waals surface area contributed by atoms with Crippen LogP contribution in [0.4, 0.5) is 5.82 Å². The van der Waals surface area contributed by atoms with E-state index >= 15 is 0 Å². The van der Waals surface area contributed by atoms with Gasteiger partial charge in [0.2, 0.25) is 0 Å². The number of anilines is 1. The maximum absolute atomic E-state index is 4.88. The predicted molar refractivity (Wildman–Crippen MR) is 113 cm³/mol. The van der Waals surface area contributed by atoms with Crippen molar-refractivity contribution >= 4 is 17.2 Å². The summed E-state index contributed by atoms with van der Waals surface area (Å²) in [4.78, 5) is 14.2. The van der Waals surface area contributed by atoms with E-state index in [-0.39, 0.29) is 0 Å². The summed E-state index contributed by atoms with van der Waals surface area (Å²) in [5, 5.41) is 3.32. The fraction of sp³-hybridized carbons (Fsp3) is 0.364. The number of hydrogen-bond acceptors (Lipinski definition) is 5. The summed E-state index contributed by atoms with van der Waals surface area (Å²) in [7, 11) is 0. The van der Waals surface area contributed by atoms with Gasteiger partial charge in [-0.25, -0.2) is 9.97 Å². The van der Waals surface area contributed by atoms with Crippen molar-refractivity contribution in [3.63, 3.8) is 0 Å². The zero-order chi connectivity index (χ0) is 18.6. The summed E-state index contributed by atoms with van der Waals surface area (Å²) >= 11 is 1.74. The number of pyridine rings is 1. The first-order valence-corrected chi connectivity index (χ1v) is 10.5. The molecule has 5 heteroatoms. The molecule has 4 rings (SSSR count). The Labute approximate surface area is 165 Å². The van der Waals surface area contributed by atoms with Gasteiger partial charge in [-0.3, -0.25) is 4.90 Å². The number of piperazine rings is 1. The van der Waals surface area contributed by atoms with Gasteiger partial charge in [0.25, 0.3) is 0 Å². The molecular formula is C22H26N4S. The summed E-state index contributed by atoms with van der Waals surface area (Å²) in [5.74, 6) is 1.65. The van der Waals surface area contributed by atoms with Crippen molar-refractivity contribution in [1.29, 1.82) is 0 Å². The van der Waals surface area contributed by atoms with Gasteiger partial charge in [-0.15, -0.1) is 11.3 Å². The molecule has 0 unspecified atom stereocenters. The summed E-state index contributed by atoms with van der Waals surface area (Å²) in [6.07, 6.45) is 1.87. The predicted octanol–water partition coefficient (Wildman–Crippen LogP) is 4.65. The average molecular weight is 379 g/mol. The molecule has 1 aliphatic heterocycles. The summed E-state index contributed by atoms with van der Waals surface area (Å²) in [5.41, 5.74) is 3.77. The van der Waals surface area contributed by atoms with Crippen LogP contribution < -0.4 is 4.90 Å². The van der Waals surface area contributed by atoms with Gasteiger partial charge in [-0.1, -0.05) is 44.2 Å². The summed E-state index contributed by atoms with van der Waals surface area (Å²) < 4.78 is 0. The molecule has 1 aromatic carbocycles. The molecule has 0 radical (unpaired) electrons. The molecular weight excluding hydrogens is 352 g/mol. The number of aromatic nitrogens is 2. The lowest BCUT2D eigenvalue weighted by atomic mass is 10.0. The third kappa shape index (κ3) is 4.37. The molecule has 0 spiro atoms. The second kappa shape index (κ2) is 8.19. The lowest BCUT2D eigenvalue weighted by Crippen LogP contribution is -2.46. The van der Waals surface area contributed by atoms with Crippen LogP contribution in [0.3, 0.4) is 0 Å². The Hall–Kier alpha value is -2.24. The molecule has 4 nitrogen and oxygen atoms in total. The van der Waals surface area contributed by atoms with Crippen LogP contribution >= 0.6 is 11.3 Å². The number of nitrogens with zero attached hydrogens (tertiary/aromatic N) is 4. The largest absolute Gasteiger partial charge is 0.354 e. The van der Waals surface area contributed by atoms with E-state index in [1.165, 1.54) is 16.8 Å². The molecule has 0 N–H and O–H groups in total. The van der Waals surface area contributed by atoms with E-state index in [2.05, 4.69) is 70.4 Å². The van der Waals surface area contributed by atoms with E-state index in [0.29, 0.717) is 5.92 Å². The highest BCUT2D eigenvalue weighted by Gasteiger charge is 2.19. The highest BCUT2D eigenvalue weighted by molar-refractivity contribution is 7.13. The molecule has 140 valence electrons. The Morgan fingerprint density at radius 2 is 1.78 bits per heavy atom. The van der Waals surface area contributed by atoms with Gasteiger partial charge in [0.15, 0.2) is 0 Å². The van der Waals surface area contributed by atoms with Crippen LogP contribution in [0.1, 0.15) is 31.0 Å². The first-order valence-electron chi connectivity index (χ1n) is 9.62. The molecule has 3 heterocycles. The zero-order valence-electron chi connectivity index (χ0n) is 16.0. The van der Waals surface area contributed by atoms with Crippen LogP contribution in [0.25, 0.3) is 10.6 Å². The third-order valence-corrected chi connectivity index (χ3v) is 6.05. The minimum atomic E-state index is 0.565. The molecule has 0 bridgehead atoms. The van der Waals surface area contributed by atoms with Crippen molar-refractivity contribution in [2.45, 2.75) is 26.3 Å². The Morgan fingerprint density at radius 1 is 1.00 bits per heavy atom. The maximum Gasteiger partial charge on any atom is 0.128 e. The molecule has 1 aliphatic rings. The highest BCUT2D eigenvalue weighted by atomic mass is 32.1. The number of rotatable bonds is 5. The standard InChI is InChI=1S/C22H26N4S/c1-17(2)18-6-8-19(9-7-18)22-24-20(16-27-22)15-25-11-13-26(14-12-25)21-5-3-4-10-23-21/h3-10,16-17H,11-15H2,1-2H3. The van der Waals surface area contributed by atoms with Crippen molar-refractivity contribution in [3.8, 4) is 10.6 Å². The Bertz CT molecular complexity index is 850. The first-order chi connectivity index (χ1) is 13.2. The monoisotopic (exact) mass is 378 g/mol. The lowest BCUT2D eigenvalue weighted by Gasteiger charge is -2.35. The Kier molecular flexibility index (Phi) is 5.50. The van der Waals surface area contributed by atoms with E-state index in [0.717, 1.165) is 43.5 Å². The second-order valence-corrected chi connectivity index (χ2v) is 8.23. The van der Waals surface area contributed by atoms with Crippen LogP contribution in [0.5, 0.6) is 0 Å². The van der Waals surface area contributed by atoms with Crippen molar-refractivity contribution in [2.24, 2.45) is 0 Å².